The topological polar surface area (TPSA) is 57.9 Å². The van der Waals surface area contributed by atoms with Gasteiger partial charge >= 0.3 is 5.97 Å². The number of carbonyl (C=O) groups is 1. The quantitative estimate of drug-likeness (QED) is 0.794. The van der Waals surface area contributed by atoms with Crippen LogP contribution in [-0.2, 0) is 4.74 Å². The molecular formula is C14H16O5. The van der Waals surface area contributed by atoms with Gasteiger partial charge in [-0.25, -0.2) is 4.79 Å². The molecule has 0 atom stereocenters. The molecule has 0 spiro atoms. The van der Waals surface area contributed by atoms with E-state index in [1.165, 1.54) is 7.11 Å². The highest BCUT2D eigenvalue weighted by Gasteiger charge is 2.24. The summed E-state index contributed by atoms with van der Waals surface area (Å²) in [5, 5.41) is 0.688. The summed E-state index contributed by atoms with van der Waals surface area (Å²) in [6.45, 7) is 3.75. The molecule has 0 N–H and O–H groups in total. The van der Waals surface area contributed by atoms with Crippen molar-refractivity contribution in [2.75, 3.05) is 14.2 Å². The number of carbonyl (C=O) groups excluding carboxylic acids is 1. The third-order valence-electron chi connectivity index (χ3n) is 2.57. The highest BCUT2D eigenvalue weighted by molar-refractivity contribution is 5.99. The van der Waals surface area contributed by atoms with Crippen LogP contribution >= 0.6 is 0 Å². The first kappa shape index (κ1) is 13.3. The number of hydrogen-bond donors (Lipinski definition) is 0. The van der Waals surface area contributed by atoms with Gasteiger partial charge in [0.05, 0.1) is 25.7 Å². The first-order valence-electron chi connectivity index (χ1n) is 5.92. The number of furan rings is 1. The standard InChI is InChI=1S/C14H16O5/c1-8(2)18-12-10-7-9(16-3)5-6-11(10)19-13(12)14(15)17-4/h5-8H,1-4H3. The van der Waals surface area contributed by atoms with Crippen LogP contribution in [0.15, 0.2) is 22.6 Å². The molecule has 0 saturated heterocycles. The normalized spacial score (nSPS) is 10.8. The summed E-state index contributed by atoms with van der Waals surface area (Å²) in [7, 11) is 2.88. The highest BCUT2D eigenvalue weighted by atomic mass is 16.5. The van der Waals surface area contributed by atoms with Crippen molar-refractivity contribution in [3.8, 4) is 11.5 Å². The van der Waals surface area contributed by atoms with E-state index < -0.39 is 5.97 Å². The van der Waals surface area contributed by atoms with E-state index in [9.17, 15) is 4.79 Å². The Labute approximate surface area is 111 Å². The lowest BCUT2D eigenvalue weighted by molar-refractivity contribution is 0.0559. The SMILES string of the molecule is COC(=O)c1oc2ccc(OC)cc2c1OC(C)C. The minimum absolute atomic E-state index is 0.0689. The molecule has 0 aliphatic carbocycles. The summed E-state index contributed by atoms with van der Waals surface area (Å²) in [4.78, 5) is 11.7. The second kappa shape index (κ2) is 5.22. The maximum absolute atomic E-state index is 11.7. The van der Waals surface area contributed by atoms with E-state index in [1.807, 2.05) is 13.8 Å². The number of rotatable bonds is 4. The van der Waals surface area contributed by atoms with Crippen LogP contribution in [0.4, 0.5) is 0 Å². The van der Waals surface area contributed by atoms with Crippen LogP contribution in [0.2, 0.25) is 0 Å². The van der Waals surface area contributed by atoms with Crippen LogP contribution in [0.25, 0.3) is 11.0 Å². The average Bonchev–Trinajstić information content (AvgIpc) is 2.75. The molecular weight excluding hydrogens is 248 g/mol. The second-order valence-corrected chi connectivity index (χ2v) is 4.28. The van der Waals surface area contributed by atoms with Gasteiger partial charge in [0, 0.05) is 0 Å². The summed E-state index contributed by atoms with van der Waals surface area (Å²) in [6, 6.07) is 5.25. The molecule has 1 aromatic carbocycles. The molecule has 0 aliphatic heterocycles. The van der Waals surface area contributed by atoms with Crippen molar-refractivity contribution >= 4 is 16.9 Å². The van der Waals surface area contributed by atoms with Crippen molar-refractivity contribution in [3.63, 3.8) is 0 Å². The molecule has 0 bridgehead atoms. The number of methoxy groups -OCH3 is 2. The van der Waals surface area contributed by atoms with E-state index in [-0.39, 0.29) is 11.9 Å². The molecule has 0 amide bonds. The first-order valence-corrected chi connectivity index (χ1v) is 5.92. The van der Waals surface area contributed by atoms with Crippen molar-refractivity contribution in [1.82, 2.24) is 0 Å². The van der Waals surface area contributed by atoms with Gasteiger partial charge in [-0.3, -0.25) is 0 Å². The fourth-order valence-corrected chi connectivity index (χ4v) is 1.76. The predicted octanol–water partition coefficient (Wildman–Crippen LogP) is 3.02. The Bertz CT molecular complexity index is 597. The Balaban J connectivity index is 2.63. The molecule has 5 nitrogen and oxygen atoms in total. The van der Waals surface area contributed by atoms with Crippen LogP contribution in [-0.4, -0.2) is 26.3 Å². The van der Waals surface area contributed by atoms with E-state index in [0.717, 1.165) is 0 Å². The summed E-state index contributed by atoms with van der Waals surface area (Å²) >= 11 is 0. The fraction of sp³-hybridized carbons (Fsp3) is 0.357. The van der Waals surface area contributed by atoms with E-state index in [2.05, 4.69) is 0 Å². The molecule has 0 radical (unpaired) electrons. The van der Waals surface area contributed by atoms with Gasteiger partial charge in [-0.1, -0.05) is 0 Å². The number of benzene rings is 1. The van der Waals surface area contributed by atoms with Crippen molar-refractivity contribution in [3.05, 3.63) is 24.0 Å². The summed E-state index contributed by atoms with van der Waals surface area (Å²) in [6.07, 6.45) is -0.0876. The van der Waals surface area contributed by atoms with E-state index >= 15 is 0 Å². The lowest BCUT2D eigenvalue weighted by atomic mass is 10.2. The van der Waals surface area contributed by atoms with Gasteiger partial charge in [-0.15, -0.1) is 0 Å². The highest BCUT2D eigenvalue weighted by Crippen LogP contribution is 2.36. The number of fused-ring (bicyclic) bond motifs is 1. The summed E-state index contributed by atoms with van der Waals surface area (Å²) in [5.41, 5.74) is 0.553. The predicted molar refractivity (Wildman–Crippen MR) is 69.9 cm³/mol. The molecule has 2 aromatic rings. The van der Waals surface area contributed by atoms with Gasteiger partial charge < -0.3 is 18.6 Å². The molecule has 19 heavy (non-hydrogen) atoms. The molecule has 0 fully saturated rings. The number of ether oxygens (including phenoxy) is 3. The Kier molecular flexibility index (Phi) is 3.64. The van der Waals surface area contributed by atoms with Gasteiger partial charge in [-0.2, -0.15) is 0 Å². The Morgan fingerprint density at radius 2 is 2.00 bits per heavy atom. The second-order valence-electron chi connectivity index (χ2n) is 4.28. The monoisotopic (exact) mass is 264 g/mol. The molecule has 102 valence electrons. The lowest BCUT2D eigenvalue weighted by Crippen LogP contribution is -2.09. The maximum Gasteiger partial charge on any atom is 0.377 e. The Morgan fingerprint density at radius 3 is 2.58 bits per heavy atom. The number of esters is 1. The zero-order chi connectivity index (χ0) is 14.0. The molecule has 0 saturated carbocycles. The van der Waals surface area contributed by atoms with Gasteiger partial charge in [0.2, 0.25) is 0 Å². The van der Waals surface area contributed by atoms with E-state index in [0.29, 0.717) is 22.5 Å². The molecule has 0 unspecified atom stereocenters. The van der Waals surface area contributed by atoms with Gasteiger partial charge in [0.1, 0.15) is 11.3 Å². The average molecular weight is 264 g/mol. The summed E-state index contributed by atoms with van der Waals surface area (Å²) in [5.74, 6) is 0.555. The minimum atomic E-state index is -0.564. The molecule has 1 aromatic heterocycles. The third kappa shape index (κ3) is 2.50. The summed E-state index contributed by atoms with van der Waals surface area (Å²) < 4.78 is 21.0. The van der Waals surface area contributed by atoms with Crippen LogP contribution in [0, 0.1) is 0 Å². The first-order chi connectivity index (χ1) is 9.06. The Hall–Kier alpha value is -2.17. The van der Waals surface area contributed by atoms with Crippen molar-refractivity contribution < 1.29 is 23.4 Å². The number of hydrogen-bond acceptors (Lipinski definition) is 5. The third-order valence-corrected chi connectivity index (χ3v) is 2.57. The van der Waals surface area contributed by atoms with Crippen LogP contribution < -0.4 is 9.47 Å². The zero-order valence-electron chi connectivity index (χ0n) is 11.4. The van der Waals surface area contributed by atoms with Crippen molar-refractivity contribution in [2.24, 2.45) is 0 Å². The zero-order valence-corrected chi connectivity index (χ0v) is 11.4. The van der Waals surface area contributed by atoms with E-state index in [4.69, 9.17) is 18.6 Å². The minimum Gasteiger partial charge on any atom is -0.497 e. The van der Waals surface area contributed by atoms with Crippen LogP contribution in [0.3, 0.4) is 0 Å². The molecule has 5 heteroatoms. The Morgan fingerprint density at radius 1 is 1.26 bits per heavy atom. The molecule has 2 rings (SSSR count). The van der Waals surface area contributed by atoms with Crippen molar-refractivity contribution in [2.45, 2.75) is 20.0 Å². The van der Waals surface area contributed by atoms with Gasteiger partial charge in [0.15, 0.2) is 5.75 Å². The lowest BCUT2D eigenvalue weighted by Gasteiger charge is -2.09. The van der Waals surface area contributed by atoms with Crippen molar-refractivity contribution in [1.29, 1.82) is 0 Å². The smallest absolute Gasteiger partial charge is 0.377 e. The fourth-order valence-electron chi connectivity index (χ4n) is 1.76. The van der Waals surface area contributed by atoms with Gasteiger partial charge in [-0.05, 0) is 32.0 Å². The van der Waals surface area contributed by atoms with Crippen LogP contribution in [0.5, 0.6) is 11.5 Å². The largest absolute Gasteiger partial charge is 0.497 e. The van der Waals surface area contributed by atoms with E-state index in [1.54, 1.807) is 25.3 Å². The van der Waals surface area contributed by atoms with Gasteiger partial charge in [0.25, 0.3) is 5.76 Å². The van der Waals surface area contributed by atoms with Crippen LogP contribution in [0.1, 0.15) is 24.4 Å². The maximum atomic E-state index is 11.7. The molecule has 0 aliphatic rings. The molecule has 1 heterocycles.